The molecule has 0 heterocycles. The molecule has 0 aromatic heterocycles. The van der Waals surface area contributed by atoms with Crippen LogP contribution >= 0.6 is 0 Å². The van der Waals surface area contributed by atoms with Crippen molar-refractivity contribution in [3.05, 3.63) is 23.8 Å². The minimum Gasteiger partial charge on any atom is -0.393 e. The van der Waals surface area contributed by atoms with Crippen LogP contribution in [0, 0.1) is 17.3 Å². The summed E-state index contributed by atoms with van der Waals surface area (Å²) in [6.07, 6.45) is 6.96. The van der Waals surface area contributed by atoms with Crippen LogP contribution in [0.15, 0.2) is 23.8 Å². The maximum atomic E-state index is 11.6. The summed E-state index contributed by atoms with van der Waals surface area (Å²) in [6, 6.07) is 0. The normalized spacial score (nSPS) is 38.9. The van der Waals surface area contributed by atoms with Gasteiger partial charge >= 0.3 is 0 Å². The molecular weight excluding hydrogens is 228 g/mol. The van der Waals surface area contributed by atoms with Crippen molar-refractivity contribution >= 4 is 5.78 Å². The van der Waals surface area contributed by atoms with Gasteiger partial charge in [-0.2, -0.15) is 0 Å². The third-order valence-corrected chi connectivity index (χ3v) is 4.84. The first-order valence-corrected chi connectivity index (χ1v) is 6.56. The van der Waals surface area contributed by atoms with E-state index in [2.05, 4.69) is 13.8 Å². The molecule has 0 saturated heterocycles. The van der Waals surface area contributed by atoms with Crippen LogP contribution in [0.4, 0.5) is 0 Å². The van der Waals surface area contributed by atoms with Gasteiger partial charge in [0.1, 0.15) is 0 Å². The molecule has 2 rings (SSSR count). The van der Waals surface area contributed by atoms with Gasteiger partial charge in [-0.05, 0) is 36.3 Å². The summed E-state index contributed by atoms with van der Waals surface area (Å²) in [7, 11) is 0. The molecule has 0 fully saturated rings. The smallest absolute Gasteiger partial charge is 0.156 e. The average molecular weight is 250 g/mol. The van der Waals surface area contributed by atoms with E-state index in [0.29, 0.717) is 6.42 Å². The van der Waals surface area contributed by atoms with E-state index < -0.39 is 5.60 Å². The Morgan fingerprint density at radius 3 is 2.83 bits per heavy atom. The summed E-state index contributed by atoms with van der Waals surface area (Å²) < 4.78 is 0. The van der Waals surface area contributed by atoms with Gasteiger partial charge in [-0.1, -0.05) is 26.0 Å². The molecule has 0 aliphatic heterocycles. The first kappa shape index (κ1) is 13.5. The van der Waals surface area contributed by atoms with Crippen LogP contribution in [0.1, 0.15) is 33.6 Å². The number of carbonyl (C=O) groups is 1. The molecule has 0 radical (unpaired) electrons. The summed E-state index contributed by atoms with van der Waals surface area (Å²) >= 11 is 0. The molecule has 4 atom stereocenters. The van der Waals surface area contributed by atoms with Crippen LogP contribution in [0.5, 0.6) is 0 Å². The SMILES string of the molecule is C[C@@H]1CC(=O)C=C2C=C[C@@H]([C@@](C)(O)CO)C[C@]21C. The average Bonchev–Trinajstić information content (AvgIpc) is 2.30. The van der Waals surface area contributed by atoms with Gasteiger partial charge in [0.25, 0.3) is 0 Å². The van der Waals surface area contributed by atoms with E-state index in [1.807, 2.05) is 12.2 Å². The fraction of sp³-hybridized carbons (Fsp3) is 0.667. The van der Waals surface area contributed by atoms with E-state index in [0.717, 1.165) is 12.0 Å². The van der Waals surface area contributed by atoms with Crippen LogP contribution < -0.4 is 0 Å². The molecule has 0 spiro atoms. The predicted octanol–water partition coefficient (Wildman–Crippen LogP) is 1.85. The first-order chi connectivity index (χ1) is 8.29. The molecular formula is C15H22O3. The summed E-state index contributed by atoms with van der Waals surface area (Å²) in [5.74, 6) is 0.388. The van der Waals surface area contributed by atoms with Crippen molar-refractivity contribution in [1.29, 1.82) is 0 Å². The number of aliphatic hydroxyl groups excluding tert-OH is 1. The molecule has 2 N–H and O–H groups in total. The lowest BCUT2D eigenvalue weighted by molar-refractivity contribution is -0.117. The zero-order valence-corrected chi connectivity index (χ0v) is 11.3. The summed E-state index contributed by atoms with van der Waals surface area (Å²) in [4.78, 5) is 11.6. The van der Waals surface area contributed by atoms with Crippen molar-refractivity contribution in [2.45, 2.75) is 39.2 Å². The Kier molecular flexibility index (Phi) is 3.24. The Bertz CT molecular complexity index is 419. The van der Waals surface area contributed by atoms with Gasteiger partial charge in [-0.3, -0.25) is 4.79 Å². The number of aliphatic hydroxyl groups is 2. The quantitative estimate of drug-likeness (QED) is 0.786. The van der Waals surface area contributed by atoms with E-state index in [-0.39, 0.29) is 29.6 Å². The highest BCUT2D eigenvalue weighted by Gasteiger charge is 2.45. The zero-order chi connectivity index (χ0) is 13.6. The van der Waals surface area contributed by atoms with Crippen LogP contribution in [-0.4, -0.2) is 28.2 Å². The summed E-state index contributed by atoms with van der Waals surface area (Å²) in [5.41, 5.74) is -0.102. The molecule has 0 saturated carbocycles. The number of allylic oxidation sites excluding steroid dienone is 3. The first-order valence-electron chi connectivity index (χ1n) is 6.56. The maximum absolute atomic E-state index is 11.6. The minimum absolute atomic E-state index is 0.0692. The fourth-order valence-corrected chi connectivity index (χ4v) is 3.06. The molecule has 18 heavy (non-hydrogen) atoms. The van der Waals surface area contributed by atoms with E-state index in [1.165, 1.54) is 0 Å². The molecule has 0 aromatic rings. The summed E-state index contributed by atoms with van der Waals surface area (Å²) in [6.45, 7) is 5.66. The molecule has 3 heteroatoms. The predicted molar refractivity (Wildman–Crippen MR) is 69.9 cm³/mol. The van der Waals surface area contributed by atoms with Crippen molar-refractivity contribution in [3.63, 3.8) is 0 Å². The highest BCUT2D eigenvalue weighted by atomic mass is 16.3. The molecule has 0 amide bonds. The van der Waals surface area contributed by atoms with Gasteiger partial charge in [0, 0.05) is 12.3 Å². The van der Waals surface area contributed by atoms with Crippen LogP contribution in [0.3, 0.4) is 0 Å². The van der Waals surface area contributed by atoms with E-state index in [4.69, 9.17) is 0 Å². The monoisotopic (exact) mass is 250 g/mol. The second-order valence-corrected chi connectivity index (χ2v) is 6.27. The molecule has 2 aliphatic carbocycles. The van der Waals surface area contributed by atoms with Crippen molar-refractivity contribution in [2.24, 2.45) is 17.3 Å². The second-order valence-electron chi connectivity index (χ2n) is 6.27. The lowest BCUT2D eigenvalue weighted by atomic mass is 9.59. The van der Waals surface area contributed by atoms with Crippen molar-refractivity contribution < 1.29 is 15.0 Å². The van der Waals surface area contributed by atoms with Gasteiger partial charge in [0.2, 0.25) is 0 Å². The topological polar surface area (TPSA) is 57.5 Å². The van der Waals surface area contributed by atoms with Crippen molar-refractivity contribution in [1.82, 2.24) is 0 Å². The van der Waals surface area contributed by atoms with Crippen LogP contribution in [0.2, 0.25) is 0 Å². The lowest BCUT2D eigenvalue weighted by Crippen LogP contribution is -2.45. The van der Waals surface area contributed by atoms with Crippen LogP contribution in [0.25, 0.3) is 0 Å². The third-order valence-electron chi connectivity index (χ3n) is 4.84. The lowest BCUT2D eigenvalue weighted by Gasteiger charge is -2.46. The third kappa shape index (κ3) is 2.06. The van der Waals surface area contributed by atoms with Gasteiger partial charge in [-0.25, -0.2) is 0 Å². The molecule has 0 unspecified atom stereocenters. The van der Waals surface area contributed by atoms with Crippen molar-refractivity contribution in [2.75, 3.05) is 6.61 Å². The number of hydrogen-bond acceptors (Lipinski definition) is 3. The number of fused-ring (bicyclic) bond motifs is 1. The maximum Gasteiger partial charge on any atom is 0.156 e. The van der Waals surface area contributed by atoms with Gasteiger partial charge in [0.15, 0.2) is 5.78 Å². The highest BCUT2D eigenvalue weighted by Crippen LogP contribution is 2.50. The Hall–Kier alpha value is -0.930. The number of carbonyl (C=O) groups excluding carboxylic acids is 1. The van der Waals surface area contributed by atoms with Gasteiger partial charge < -0.3 is 10.2 Å². The molecule has 0 aromatic carbocycles. The van der Waals surface area contributed by atoms with E-state index in [1.54, 1.807) is 13.0 Å². The Morgan fingerprint density at radius 1 is 1.56 bits per heavy atom. The van der Waals surface area contributed by atoms with Gasteiger partial charge in [0.05, 0.1) is 12.2 Å². The second kappa shape index (κ2) is 4.32. The molecule has 0 bridgehead atoms. The zero-order valence-electron chi connectivity index (χ0n) is 11.3. The number of hydrogen-bond donors (Lipinski definition) is 2. The molecule has 2 aliphatic rings. The Morgan fingerprint density at radius 2 is 2.22 bits per heavy atom. The minimum atomic E-state index is -1.09. The molecule has 3 nitrogen and oxygen atoms in total. The highest BCUT2D eigenvalue weighted by molar-refractivity contribution is 5.92. The van der Waals surface area contributed by atoms with Crippen molar-refractivity contribution in [3.8, 4) is 0 Å². The summed E-state index contributed by atoms with van der Waals surface area (Å²) in [5, 5.41) is 19.5. The van der Waals surface area contributed by atoms with E-state index >= 15 is 0 Å². The van der Waals surface area contributed by atoms with Gasteiger partial charge in [-0.15, -0.1) is 0 Å². The largest absolute Gasteiger partial charge is 0.393 e. The van der Waals surface area contributed by atoms with E-state index in [9.17, 15) is 15.0 Å². The Balaban J connectivity index is 2.37. The fourth-order valence-electron chi connectivity index (χ4n) is 3.06. The van der Waals surface area contributed by atoms with Crippen LogP contribution in [-0.2, 0) is 4.79 Å². The molecule has 100 valence electrons. The number of rotatable bonds is 2. The number of ketones is 1. The standard InChI is InChI=1S/C15H22O3/c1-10-6-13(17)7-11-4-5-12(8-14(10,11)2)15(3,18)9-16/h4-5,7,10,12,16,18H,6,8-9H2,1-3H3/t10-,12-,14+,15+/m1/s1. The Labute approximate surface area is 108 Å².